The third kappa shape index (κ3) is 3.64. The number of pyridine rings is 1. The van der Waals surface area contributed by atoms with E-state index in [-0.39, 0.29) is 5.91 Å². The van der Waals surface area contributed by atoms with Gasteiger partial charge in [0.05, 0.1) is 35.1 Å². The van der Waals surface area contributed by atoms with Gasteiger partial charge in [0.2, 0.25) is 0 Å². The van der Waals surface area contributed by atoms with Crippen molar-refractivity contribution in [3.8, 4) is 23.1 Å². The number of fused-ring (bicyclic) bond motifs is 1. The second-order valence-electron chi connectivity index (χ2n) is 6.41. The average molecular weight is 379 g/mol. The van der Waals surface area contributed by atoms with Gasteiger partial charge in [0.15, 0.2) is 0 Å². The van der Waals surface area contributed by atoms with E-state index in [0.29, 0.717) is 22.5 Å². The summed E-state index contributed by atoms with van der Waals surface area (Å²) in [7, 11) is 1.62. The quantitative estimate of drug-likeness (QED) is 0.539. The van der Waals surface area contributed by atoms with Crippen molar-refractivity contribution in [3.05, 3.63) is 90.0 Å². The minimum atomic E-state index is -0.291. The monoisotopic (exact) mass is 379 g/mol. The summed E-state index contributed by atoms with van der Waals surface area (Å²) >= 11 is 0. The van der Waals surface area contributed by atoms with E-state index in [2.05, 4.69) is 11.4 Å². The summed E-state index contributed by atoms with van der Waals surface area (Å²) in [6.45, 7) is 0. The number of benzene rings is 3. The van der Waals surface area contributed by atoms with Crippen molar-refractivity contribution < 1.29 is 9.53 Å². The Labute approximate surface area is 168 Å². The fourth-order valence-corrected chi connectivity index (χ4v) is 3.15. The van der Waals surface area contributed by atoms with Gasteiger partial charge in [0, 0.05) is 10.9 Å². The molecule has 29 heavy (non-hydrogen) atoms. The van der Waals surface area contributed by atoms with Gasteiger partial charge in [0.1, 0.15) is 11.8 Å². The van der Waals surface area contributed by atoms with Crippen LogP contribution in [0.1, 0.15) is 15.9 Å². The molecule has 0 aliphatic heterocycles. The number of nitriles is 1. The molecule has 1 aromatic heterocycles. The van der Waals surface area contributed by atoms with Gasteiger partial charge in [-0.1, -0.05) is 30.3 Å². The van der Waals surface area contributed by atoms with Crippen LogP contribution in [0, 0.1) is 11.3 Å². The van der Waals surface area contributed by atoms with Crippen molar-refractivity contribution in [1.29, 1.82) is 5.26 Å². The van der Waals surface area contributed by atoms with Gasteiger partial charge < -0.3 is 10.1 Å². The lowest BCUT2D eigenvalue weighted by Gasteiger charge is -2.11. The first kappa shape index (κ1) is 18.2. The highest BCUT2D eigenvalue weighted by molar-refractivity contribution is 6.13. The Morgan fingerprint density at radius 2 is 1.72 bits per heavy atom. The summed E-state index contributed by atoms with van der Waals surface area (Å²) in [4.78, 5) is 17.8. The molecule has 3 aromatic carbocycles. The van der Waals surface area contributed by atoms with Crippen molar-refractivity contribution in [2.24, 2.45) is 0 Å². The second-order valence-corrected chi connectivity index (χ2v) is 6.41. The summed E-state index contributed by atoms with van der Waals surface area (Å²) in [5.41, 5.74) is 3.67. The fraction of sp³-hybridized carbons (Fsp3) is 0.0417. The number of nitrogens with one attached hydrogen (secondary N) is 1. The summed E-state index contributed by atoms with van der Waals surface area (Å²) in [5, 5.41) is 12.9. The molecule has 1 heterocycles. The minimum absolute atomic E-state index is 0.291. The number of aromatic nitrogens is 1. The Morgan fingerprint density at radius 1 is 1.00 bits per heavy atom. The highest BCUT2D eigenvalue weighted by atomic mass is 16.5. The van der Waals surface area contributed by atoms with Crippen molar-refractivity contribution in [2.75, 3.05) is 12.4 Å². The standard InChI is InChI=1S/C24H17N3O2/c1-29-18-12-10-16(11-13-18)23-14-20(19-7-3-5-9-22(19)26-23)24(28)27-21-8-4-2-6-17(21)15-25/h2-14H,1H3,(H,27,28). The van der Waals surface area contributed by atoms with Crippen LogP contribution in [-0.4, -0.2) is 18.0 Å². The summed E-state index contributed by atoms with van der Waals surface area (Å²) in [5.74, 6) is 0.460. The lowest BCUT2D eigenvalue weighted by atomic mass is 10.0. The van der Waals surface area contributed by atoms with E-state index in [0.717, 1.165) is 22.2 Å². The van der Waals surface area contributed by atoms with Crippen LogP contribution in [0.4, 0.5) is 5.69 Å². The van der Waals surface area contributed by atoms with Crippen LogP contribution in [0.5, 0.6) is 5.75 Å². The number of hydrogen-bond donors (Lipinski definition) is 1. The third-order valence-corrected chi connectivity index (χ3v) is 4.64. The molecule has 0 fully saturated rings. The normalized spacial score (nSPS) is 10.3. The van der Waals surface area contributed by atoms with Gasteiger partial charge in [-0.25, -0.2) is 4.98 Å². The maximum absolute atomic E-state index is 13.1. The Kier molecular flexibility index (Phi) is 4.91. The molecule has 0 saturated heterocycles. The van der Waals surface area contributed by atoms with E-state index >= 15 is 0 Å². The van der Waals surface area contributed by atoms with Gasteiger partial charge in [-0.15, -0.1) is 0 Å². The summed E-state index contributed by atoms with van der Waals surface area (Å²) in [6, 6.07) is 25.8. The molecule has 140 valence electrons. The number of amides is 1. The molecule has 0 radical (unpaired) electrons. The zero-order chi connectivity index (χ0) is 20.2. The van der Waals surface area contributed by atoms with E-state index < -0.39 is 0 Å². The molecular weight excluding hydrogens is 362 g/mol. The van der Waals surface area contributed by atoms with Gasteiger partial charge in [-0.3, -0.25) is 4.79 Å². The van der Waals surface area contributed by atoms with E-state index in [9.17, 15) is 10.1 Å². The number of ether oxygens (including phenoxy) is 1. The number of carbonyl (C=O) groups excluding carboxylic acids is 1. The Hall–Kier alpha value is -4.17. The van der Waals surface area contributed by atoms with Gasteiger partial charge in [0.25, 0.3) is 5.91 Å². The molecule has 1 amide bonds. The van der Waals surface area contributed by atoms with Crippen LogP contribution in [0.15, 0.2) is 78.9 Å². The van der Waals surface area contributed by atoms with E-state index in [1.807, 2.05) is 48.5 Å². The maximum atomic E-state index is 13.1. The largest absolute Gasteiger partial charge is 0.497 e. The predicted octanol–water partition coefficient (Wildman–Crippen LogP) is 5.03. The smallest absolute Gasteiger partial charge is 0.256 e. The van der Waals surface area contributed by atoms with Crippen LogP contribution in [0.3, 0.4) is 0 Å². The van der Waals surface area contributed by atoms with Crippen LogP contribution >= 0.6 is 0 Å². The van der Waals surface area contributed by atoms with Crippen molar-refractivity contribution in [2.45, 2.75) is 0 Å². The Morgan fingerprint density at radius 3 is 2.48 bits per heavy atom. The van der Waals surface area contributed by atoms with Crippen LogP contribution in [0.2, 0.25) is 0 Å². The van der Waals surface area contributed by atoms with Gasteiger partial charge >= 0.3 is 0 Å². The van der Waals surface area contributed by atoms with Crippen molar-refractivity contribution in [3.63, 3.8) is 0 Å². The zero-order valence-corrected chi connectivity index (χ0v) is 15.7. The van der Waals surface area contributed by atoms with Gasteiger partial charge in [-0.05, 0) is 48.5 Å². The molecule has 0 bridgehead atoms. The van der Waals surface area contributed by atoms with Crippen LogP contribution in [-0.2, 0) is 0 Å². The van der Waals surface area contributed by atoms with E-state index in [4.69, 9.17) is 9.72 Å². The molecule has 4 rings (SSSR count). The van der Waals surface area contributed by atoms with Crippen molar-refractivity contribution in [1.82, 2.24) is 4.98 Å². The maximum Gasteiger partial charge on any atom is 0.256 e. The predicted molar refractivity (Wildman–Crippen MR) is 113 cm³/mol. The third-order valence-electron chi connectivity index (χ3n) is 4.64. The Balaban J connectivity index is 1.80. The van der Waals surface area contributed by atoms with E-state index in [1.54, 1.807) is 37.4 Å². The first-order valence-corrected chi connectivity index (χ1v) is 9.04. The molecule has 0 spiro atoms. The topological polar surface area (TPSA) is 75.0 Å². The molecule has 0 aliphatic carbocycles. The van der Waals surface area contributed by atoms with Crippen LogP contribution < -0.4 is 10.1 Å². The summed E-state index contributed by atoms with van der Waals surface area (Å²) < 4.78 is 5.21. The number of methoxy groups -OCH3 is 1. The molecular formula is C24H17N3O2. The lowest BCUT2D eigenvalue weighted by molar-refractivity contribution is 0.102. The lowest BCUT2D eigenvalue weighted by Crippen LogP contribution is -2.14. The number of para-hydroxylation sites is 2. The SMILES string of the molecule is COc1ccc(-c2cc(C(=O)Nc3ccccc3C#N)c3ccccc3n2)cc1. The molecule has 0 saturated carbocycles. The fourth-order valence-electron chi connectivity index (χ4n) is 3.15. The zero-order valence-electron chi connectivity index (χ0n) is 15.7. The van der Waals surface area contributed by atoms with E-state index in [1.165, 1.54) is 0 Å². The number of rotatable bonds is 4. The highest BCUT2D eigenvalue weighted by Gasteiger charge is 2.15. The molecule has 5 heteroatoms. The average Bonchev–Trinajstić information content (AvgIpc) is 2.78. The molecule has 0 aliphatic rings. The minimum Gasteiger partial charge on any atom is -0.497 e. The van der Waals surface area contributed by atoms with Crippen molar-refractivity contribution >= 4 is 22.5 Å². The molecule has 1 N–H and O–H groups in total. The number of carbonyl (C=O) groups is 1. The molecule has 5 nitrogen and oxygen atoms in total. The first-order valence-electron chi connectivity index (χ1n) is 9.04. The molecule has 4 aromatic rings. The highest BCUT2D eigenvalue weighted by Crippen LogP contribution is 2.27. The molecule has 0 atom stereocenters. The number of nitrogens with zero attached hydrogens (tertiary/aromatic N) is 2. The first-order chi connectivity index (χ1) is 14.2. The number of anilines is 1. The Bertz CT molecular complexity index is 1240. The summed E-state index contributed by atoms with van der Waals surface area (Å²) in [6.07, 6.45) is 0. The second kappa shape index (κ2) is 7.83. The van der Waals surface area contributed by atoms with Gasteiger partial charge in [-0.2, -0.15) is 5.26 Å². The number of hydrogen-bond acceptors (Lipinski definition) is 4. The molecule has 0 unspecified atom stereocenters. The van der Waals surface area contributed by atoms with Crippen LogP contribution in [0.25, 0.3) is 22.2 Å².